The fourth-order valence-corrected chi connectivity index (χ4v) is 5.01. The predicted octanol–water partition coefficient (Wildman–Crippen LogP) is 5.30. The summed E-state index contributed by atoms with van der Waals surface area (Å²) in [5.41, 5.74) is 1.58. The zero-order valence-corrected chi connectivity index (χ0v) is 24.1. The Morgan fingerprint density at radius 2 is 1.69 bits per heavy atom. The molecule has 2 amide bonds. The lowest BCUT2D eigenvalue weighted by molar-refractivity contribution is -0.140. The van der Waals surface area contributed by atoms with Crippen molar-refractivity contribution in [2.24, 2.45) is 5.92 Å². The molecule has 11 heteroatoms. The number of hydrogen-bond donors (Lipinski definition) is 1. The van der Waals surface area contributed by atoms with Crippen LogP contribution in [0.2, 0.25) is 15.1 Å². The van der Waals surface area contributed by atoms with Crippen LogP contribution >= 0.6 is 34.8 Å². The summed E-state index contributed by atoms with van der Waals surface area (Å²) < 4.78 is 26.5. The number of rotatable bonds is 11. The molecular formula is C25H32Cl3N3O4S. The van der Waals surface area contributed by atoms with Gasteiger partial charge in [-0.25, -0.2) is 8.42 Å². The van der Waals surface area contributed by atoms with Crippen LogP contribution in [-0.4, -0.2) is 50.5 Å². The maximum atomic E-state index is 13.7. The second kappa shape index (κ2) is 13.0. The van der Waals surface area contributed by atoms with E-state index in [0.29, 0.717) is 44.8 Å². The number of benzene rings is 2. The molecule has 0 spiro atoms. The second-order valence-corrected chi connectivity index (χ2v) is 12.2. The third-order valence-electron chi connectivity index (χ3n) is 5.53. The van der Waals surface area contributed by atoms with Crippen LogP contribution in [0.4, 0.5) is 5.69 Å². The number of nitrogens with zero attached hydrogens (tertiary/aromatic N) is 2. The SMILES string of the molecule is CCC(C(=O)NCC(C)C)N(Cc1ccc(Cl)c(Cl)c1)C(=O)CN(c1cc(Cl)ccc1C)S(C)(=O)=O. The molecule has 2 rings (SSSR count). The minimum atomic E-state index is -3.86. The molecule has 1 atom stereocenters. The molecule has 0 bridgehead atoms. The molecule has 0 saturated carbocycles. The van der Waals surface area contributed by atoms with E-state index in [1.54, 1.807) is 44.2 Å². The van der Waals surface area contributed by atoms with Crippen LogP contribution in [0.5, 0.6) is 0 Å². The summed E-state index contributed by atoms with van der Waals surface area (Å²) >= 11 is 18.4. The molecular weight excluding hydrogens is 545 g/mol. The zero-order valence-electron chi connectivity index (χ0n) is 21.0. The lowest BCUT2D eigenvalue weighted by Crippen LogP contribution is -2.52. The average molecular weight is 577 g/mol. The largest absolute Gasteiger partial charge is 0.354 e. The number of carbonyl (C=O) groups excluding carboxylic acids is 2. The first-order chi connectivity index (χ1) is 16.7. The minimum absolute atomic E-state index is 0.0372. The maximum Gasteiger partial charge on any atom is 0.244 e. The van der Waals surface area contributed by atoms with Crippen LogP contribution in [0, 0.1) is 12.8 Å². The molecule has 0 saturated heterocycles. The Morgan fingerprint density at radius 3 is 2.25 bits per heavy atom. The summed E-state index contributed by atoms with van der Waals surface area (Å²) in [5, 5.41) is 3.89. The van der Waals surface area contributed by atoms with Gasteiger partial charge in [0.1, 0.15) is 12.6 Å². The quantitative estimate of drug-likeness (QED) is 0.393. The molecule has 0 heterocycles. The van der Waals surface area contributed by atoms with Crippen LogP contribution in [0.25, 0.3) is 0 Å². The van der Waals surface area contributed by atoms with E-state index in [9.17, 15) is 18.0 Å². The molecule has 0 aliphatic heterocycles. The van der Waals surface area contributed by atoms with Crippen molar-refractivity contribution in [2.75, 3.05) is 23.7 Å². The number of aryl methyl sites for hydroxylation is 1. The van der Waals surface area contributed by atoms with Gasteiger partial charge in [-0.2, -0.15) is 0 Å². The molecule has 0 fully saturated rings. The van der Waals surface area contributed by atoms with Gasteiger partial charge in [0.25, 0.3) is 0 Å². The molecule has 0 aromatic heterocycles. The van der Waals surface area contributed by atoms with E-state index < -0.39 is 28.5 Å². The smallest absolute Gasteiger partial charge is 0.244 e. The van der Waals surface area contributed by atoms with Crippen molar-refractivity contribution in [3.05, 3.63) is 62.6 Å². The molecule has 198 valence electrons. The lowest BCUT2D eigenvalue weighted by atomic mass is 10.1. The summed E-state index contributed by atoms with van der Waals surface area (Å²) in [5.74, 6) is -0.640. The van der Waals surface area contributed by atoms with Crippen LogP contribution < -0.4 is 9.62 Å². The molecule has 1 unspecified atom stereocenters. The van der Waals surface area contributed by atoms with Gasteiger partial charge in [-0.05, 0) is 54.7 Å². The van der Waals surface area contributed by atoms with Crippen molar-refractivity contribution < 1.29 is 18.0 Å². The van der Waals surface area contributed by atoms with Crippen LogP contribution in [0.3, 0.4) is 0 Å². The molecule has 0 aliphatic rings. The highest BCUT2D eigenvalue weighted by atomic mass is 35.5. The summed E-state index contributed by atoms with van der Waals surface area (Å²) in [4.78, 5) is 28.2. The summed E-state index contributed by atoms with van der Waals surface area (Å²) in [6.45, 7) is 7.45. The highest BCUT2D eigenvalue weighted by Gasteiger charge is 2.32. The Morgan fingerprint density at radius 1 is 1.03 bits per heavy atom. The van der Waals surface area contributed by atoms with E-state index in [1.165, 1.54) is 11.0 Å². The Bertz CT molecular complexity index is 1210. The summed E-state index contributed by atoms with van der Waals surface area (Å²) in [6.07, 6.45) is 1.35. The van der Waals surface area contributed by atoms with Crippen molar-refractivity contribution in [1.82, 2.24) is 10.2 Å². The van der Waals surface area contributed by atoms with Crippen LogP contribution in [0.15, 0.2) is 36.4 Å². The number of nitrogens with one attached hydrogen (secondary N) is 1. The number of sulfonamides is 1. The molecule has 2 aromatic rings. The molecule has 1 N–H and O–H groups in total. The van der Waals surface area contributed by atoms with Gasteiger partial charge in [0, 0.05) is 18.1 Å². The van der Waals surface area contributed by atoms with E-state index in [1.807, 2.05) is 13.8 Å². The van der Waals surface area contributed by atoms with E-state index in [0.717, 1.165) is 10.6 Å². The Labute approximate surface area is 228 Å². The van der Waals surface area contributed by atoms with Gasteiger partial charge in [0.2, 0.25) is 21.8 Å². The van der Waals surface area contributed by atoms with E-state index in [-0.39, 0.29) is 18.4 Å². The lowest BCUT2D eigenvalue weighted by Gasteiger charge is -2.33. The van der Waals surface area contributed by atoms with E-state index >= 15 is 0 Å². The molecule has 0 radical (unpaired) electrons. The molecule has 36 heavy (non-hydrogen) atoms. The standard InChI is InChI=1S/C25H32Cl3N3O4S/c1-6-22(25(33)29-13-16(2)3)30(14-18-8-10-20(27)21(28)11-18)24(32)15-31(36(5,34)35)23-12-19(26)9-7-17(23)4/h7-12,16,22H,6,13-15H2,1-5H3,(H,29,33). The van der Waals surface area contributed by atoms with Crippen molar-refractivity contribution in [2.45, 2.75) is 46.7 Å². The molecule has 2 aromatic carbocycles. The minimum Gasteiger partial charge on any atom is -0.354 e. The third-order valence-corrected chi connectivity index (χ3v) is 7.63. The fourth-order valence-electron chi connectivity index (χ4n) is 3.62. The van der Waals surface area contributed by atoms with Gasteiger partial charge in [-0.15, -0.1) is 0 Å². The first-order valence-corrected chi connectivity index (χ1v) is 14.5. The zero-order chi connectivity index (χ0) is 27.2. The number of amides is 2. The maximum absolute atomic E-state index is 13.7. The van der Waals surface area contributed by atoms with Gasteiger partial charge >= 0.3 is 0 Å². The Kier molecular flexibility index (Phi) is 10.9. The van der Waals surface area contributed by atoms with E-state index in [2.05, 4.69) is 5.32 Å². The first-order valence-electron chi connectivity index (χ1n) is 11.5. The van der Waals surface area contributed by atoms with Crippen molar-refractivity contribution >= 4 is 62.3 Å². The van der Waals surface area contributed by atoms with Crippen molar-refractivity contribution in [3.8, 4) is 0 Å². The van der Waals surface area contributed by atoms with Crippen LogP contribution in [0.1, 0.15) is 38.3 Å². The number of carbonyl (C=O) groups is 2. The summed E-state index contributed by atoms with van der Waals surface area (Å²) in [6, 6.07) is 8.95. The average Bonchev–Trinajstić information content (AvgIpc) is 2.79. The van der Waals surface area contributed by atoms with Gasteiger partial charge in [-0.3, -0.25) is 13.9 Å². The number of halogens is 3. The van der Waals surface area contributed by atoms with Crippen LogP contribution in [-0.2, 0) is 26.2 Å². The Balaban J connectivity index is 2.49. The highest BCUT2D eigenvalue weighted by molar-refractivity contribution is 7.92. The summed E-state index contributed by atoms with van der Waals surface area (Å²) in [7, 11) is -3.86. The first kappa shape index (κ1) is 30.2. The predicted molar refractivity (Wildman–Crippen MR) is 147 cm³/mol. The van der Waals surface area contributed by atoms with Gasteiger partial charge in [-0.1, -0.05) is 67.7 Å². The Hall–Kier alpha value is -2.00. The molecule has 7 nitrogen and oxygen atoms in total. The normalized spacial score (nSPS) is 12.4. The third kappa shape index (κ3) is 8.26. The monoisotopic (exact) mass is 575 g/mol. The van der Waals surface area contributed by atoms with Gasteiger partial charge < -0.3 is 10.2 Å². The topological polar surface area (TPSA) is 86.8 Å². The number of anilines is 1. The second-order valence-electron chi connectivity index (χ2n) is 9.03. The van der Waals surface area contributed by atoms with Crippen molar-refractivity contribution in [3.63, 3.8) is 0 Å². The van der Waals surface area contributed by atoms with Gasteiger partial charge in [0.15, 0.2) is 0 Å². The van der Waals surface area contributed by atoms with Gasteiger partial charge in [0.05, 0.1) is 22.0 Å². The van der Waals surface area contributed by atoms with E-state index in [4.69, 9.17) is 34.8 Å². The molecule has 0 aliphatic carbocycles. The van der Waals surface area contributed by atoms with Crippen molar-refractivity contribution in [1.29, 1.82) is 0 Å². The highest BCUT2D eigenvalue weighted by Crippen LogP contribution is 2.28. The fraction of sp³-hybridized carbons (Fsp3) is 0.440. The number of hydrogen-bond acceptors (Lipinski definition) is 4.